The van der Waals surface area contributed by atoms with Crippen LogP contribution in [0.1, 0.15) is 26.2 Å². The van der Waals surface area contributed by atoms with Crippen LogP contribution in [0.4, 0.5) is 0 Å². The molecule has 0 aliphatic heterocycles. The van der Waals surface area contributed by atoms with E-state index < -0.39 is 6.10 Å². The summed E-state index contributed by atoms with van der Waals surface area (Å²) >= 11 is 0. The molecule has 11 heavy (non-hydrogen) atoms. The number of aliphatic hydroxyl groups excluding tert-OH is 1. The van der Waals surface area contributed by atoms with Crippen molar-refractivity contribution in [2.45, 2.75) is 32.3 Å². The van der Waals surface area contributed by atoms with Crippen molar-refractivity contribution >= 4 is 5.78 Å². The second-order valence-electron chi connectivity index (χ2n) is 3.26. The van der Waals surface area contributed by atoms with Crippen molar-refractivity contribution in [2.75, 3.05) is 0 Å². The van der Waals surface area contributed by atoms with Crippen molar-refractivity contribution in [3.63, 3.8) is 0 Å². The zero-order valence-corrected chi connectivity index (χ0v) is 6.84. The normalized spacial score (nSPS) is 32.0. The van der Waals surface area contributed by atoms with Crippen molar-refractivity contribution in [1.29, 1.82) is 0 Å². The molecule has 0 unspecified atom stereocenters. The molecule has 62 valence electrons. The summed E-state index contributed by atoms with van der Waals surface area (Å²) in [6.45, 7) is 5.32. The minimum absolute atomic E-state index is 0.0653. The number of Topliss-reactive ketones (excluding diaryl/α,β-unsaturated/α-hetero) is 1. The van der Waals surface area contributed by atoms with Crippen LogP contribution in [0.5, 0.6) is 0 Å². The van der Waals surface area contributed by atoms with Crippen molar-refractivity contribution in [3.05, 3.63) is 12.2 Å². The minimum Gasteiger partial charge on any atom is -0.389 e. The number of carbonyl (C=O) groups excluding carboxylic acids is 1. The summed E-state index contributed by atoms with van der Waals surface area (Å²) in [6.07, 6.45) is 1.79. The molecule has 0 heterocycles. The van der Waals surface area contributed by atoms with E-state index in [1.165, 1.54) is 0 Å². The summed E-state index contributed by atoms with van der Waals surface area (Å²) in [5, 5.41) is 9.35. The van der Waals surface area contributed by atoms with Crippen LogP contribution in [-0.2, 0) is 4.79 Å². The van der Waals surface area contributed by atoms with Gasteiger partial charge in [0.1, 0.15) is 5.78 Å². The van der Waals surface area contributed by atoms with E-state index in [1.54, 1.807) is 6.92 Å². The van der Waals surface area contributed by atoms with E-state index >= 15 is 0 Å². The van der Waals surface area contributed by atoms with Gasteiger partial charge in [-0.05, 0) is 31.8 Å². The second-order valence-corrected chi connectivity index (χ2v) is 3.26. The summed E-state index contributed by atoms with van der Waals surface area (Å²) in [4.78, 5) is 10.9. The maximum absolute atomic E-state index is 10.9. The highest BCUT2D eigenvalue weighted by Crippen LogP contribution is 2.27. The molecule has 0 aromatic carbocycles. The third-order valence-corrected chi connectivity index (χ3v) is 2.37. The molecule has 0 bridgehead atoms. The largest absolute Gasteiger partial charge is 0.389 e. The summed E-state index contributed by atoms with van der Waals surface area (Å²) in [5.74, 6) is 0.257. The van der Waals surface area contributed by atoms with Gasteiger partial charge in [-0.25, -0.2) is 0 Å². The standard InChI is InChI=1S/C9H14O2/c1-6-3-4-8(7(2)10)5-9(6)11/h8-9,11H,1,3-5H2,2H3/t8-,9-/m1/s1. The van der Waals surface area contributed by atoms with Gasteiger partial charge in [0.25, 0.3) is 0 Å². The first-order valence-electron chi connectivity index (χ1n) is 3.97. The van der Waals surface area contributed by atoms with E-state index in [9.17, 15) is 9.90 Å². The summed E-state index contributed by atoms with van der Waals surface area (Å²) in [6, 6.07) is 0. The minimum atomic E-state index is -0.447. The zero-order valence-electron chi connectivity index (χ0n) is 6.84. The molecule has 1 N–H and O–H groups in total. The number of aliphatic hydroxyl groups is 1. The molecule has 1 aliphatic carbocycles. The van der Waals surface area contributed by atoms with Gasteiger partial charge in [0.15, 0.2) is 0 Å². The van der Waals surface area contributed by atoms with E-state index in [0.717, 1.165) is 18.4 Å². The molecule has 0 radical (unpaired) electrons. The molecule has 1 aliphatic rings. The SMILES string of the molecule is C=C1CC[C@@H](C(C)=O)C[C@H]1O. The molecule has 2 heteroatoms. The lowest BCUT2D eigenvalue weighted by Gasteiger charge is -2.25. The molecule has 1 saturated carbocycles. The first-order chi connectivity index (χ1) is 5.11. The number of carbonyl (C=O) groups is 1. The third-order valence-electron chi connectivity index (χ3n) is 2.37. The average Bonchev–Trinajstić information content (AvgIpc) is 1.94. The molecule has 1 rings (SSSR count). The predicted octanol–water partition coefficient (Wildman–Crippen LogP) is 1.29. The van der Waals surface area contributed by atoms with E-state index in [0.29, 0.717) is 6.42 Å². The van der Waals surface area contributed by atoms with Gasteiger partial charge in [-0.1, -0.05) is 6.58 Å². The van der Waals surface area contributed by atoms with Crippen LogP contribution < -0.4 is 0 Å². The Morgan fingerprint density at radius 1 is 1.73 bits per heavy atom. The van der Waals surface area contributed by atoms with Gasteiger partial charge in [-0.2, -0.15) is 0 Å². The fraction of sp³-hybridized carbons (Fsp3) is 0.667. The van der Waals surface area contributed by atoms with E-state index in [-0.39, 0.29) is 11.7 Å². The van der Waals surface area contributed by atoms with Crippen molar-refractivity contribution in [1.82, 2.24) is 0 Å². The van der Waals surface area contributed by atoms with Gasteiger partial charge in [0.2, 0.25) is 0 Å². The van der Waals surface area contributed by atoms with Gasteiger partial charge < -0.3 is 5.11 Å². The van der Waals surface area contributed by atoms with Crippen LogP contribution >= 0.6 is 0 Å². The summed E-state index contributed by atoms with van der Waals surface area (Å²) in [5.41, 5.74) is 0.877. The van der Waals surface area contributed by atoms with Crippen LogP contribution in [0.2, 0.25) is 0 Å². The van der Waals surface area contributed by atoms with Crippen LogP contribution in [0, 0.1) is 5.92 Å². The predicted molar refractivity (Wildman–Crippen MR) is 43.2 cm³/mol. The molecule has 0 spiro atoms. The number of hydrogen-bond acceptors (Lipinski definition) is 2. The number of ketones is 1. The first kappa shape index (κ1) is 8.47. The molecule has 0 aromatic rings. The van der Waals surface area contributed by atoms with Gasteiger partial charge in [-0.3, -0.25) is 4.79 Å². The Bertz CT molecular complexity index is 184. The Labute approximate surface area is 66.9 Å². The highest BCUT2D eigenvalue weighted by molar-refractivity contribution is 5.78. The van der Waals surface area contributed by atoms with Crippen molar-refractivity contribution in [3.8, 4) is 0 Å². The summed E-state index contributed by atoms with van der Waals surface area (Å²) in [7, 11) is 0. The Kier molecular flexibility index (Phi) is 2.45. The van der Waals surface area contributed by atoms with Gasteiger partial charge in [0.05, 0.1) is 6.10 Å². The van der Waals surface area contributed by atoms with E-state index in [1.807, 2.05) is 0 Å². The third kappa shape index (κ3) is 1.90. The molecule has 0 aromatic heterocycles. The molecule has 0 saturated heterocycles. The van der Waals surface area contributed by atoms with Crippen molar-refractivity contribution in [2.24, 2.45) is 5.92 Å². The Balaban J connectivity index is 2.52. The molecule has 2 atom stereocenters. The lowest BCUT2D eigenvalue weighted by molar-refractivity contribution is -0.122. The van der Waals surface area contributed by atoms with E-state index in [4.69, 9.17) is 0 Å². The average molecular weight is 154 g/mol. The molecular formula is C9H14O2. The molecule has 2 nitrogen and oxygen atoms in total. The molecule has 1 fully saturated rings. The van der Waals surface area contributed by atoms with Crippen molar-refractivity contribution < 1.29 is 9.90 Å². The number of hydrogen-bond donors (Lipinski definition) is 1. The lowest BCUT2D eigenvalue weighted by atomic mass is 9.82. The van der Waals surface area contributed by atoms with Crippen LogP contribution in [0.25, 0.3) is 0 Å². The highest BCUT2D eigenvalue weighted by Gasteiger charge is 2.25. The van der Waals surface area contributed by atoms with Crippen LogP contribution in [0.3, 0.4) is 0 Å². The lowest BCUT2D eigenvalue weighted by Crippen LogP contribution is -2.25. The van der Waals surface area contributed by atoms with Gasteiger partial charge in [-0.15, -0.1) is 0 Å². The Hall–Kier alpha value is -0.630. The smallest absolute Gasteiger partial charge is 0.133 e. The quantitative estimate of drug-likeness (QED) is 0.578. The van der Waals surface area contributed by atoms with Gasteiger partial charge in [0, 0.05) is 5.92 Å². The zero-order chi connectivity index (χ0) is 8.43. The van der Waals surface area contributed by atoms with Crippen LogP contribution in [0.15, 0.2) is 12.2 Å². The fourth-order valence-corrected chi connectivity index (χ4v) is 1.45. The molecular weight excluding hydrogens is 140 g/mol. The maximum Gasteiger partial charge on any atom is 0.133 e. The molecule has 0 amide bonds. The topological polar surface area (TPSA) is 37.3 Å². The maximum atomic E-state index is 10.9. The second kappa shape index (κ2) is 3.18. The van der Waals surface area contributed by atoms with Crippen LogP contribution in [-0.4, -0.2) is 17.0 Å². The van der Waals surface area contributed by atoms with Gasteiger partial charge >= 0.3 is 0 Å². The monoisotopic (exact) mass is 154 g/mol. The Morgan fingerprint density at radius 3 is 2.82 bits per heavy atom. The highest BCUT2D eigenvalue weighted by atomic mass is 16.3. The first-order valence-corrected chi connectivity index (χ1v) is 3.97. The van der Waals surface area contributed by atoms with E-state index in [2.05, 4.69) is 6.58 Å². The Morgan fingerprint density at radius 2 is 2.36 bits per heavy atom. The number of rotatable bonds is 1. The fourth-order valence-electron chi connectivity index (χ4n) is 1.45. The summed E-state index contributed by atoms with van der Waals surface area (Å²) < 4.78 is 0.